The number of aryl methyl sites for hydroxylation is 3. The molecule has 0 saturated heterocycles. The van der Waals surface area contributed by atoms with Crippen molar-refractivity contribution in [1.82, 2.24) is 19.1 Å². The lowest BCUT2D eigenvalue weighted by Crippen LogP contribution is -2.21. The van der Waals surface area contributed by atoms with Crippen molar-refractivity contribution in [2.75, 3.05) is 0 Å². The number of H-pyrrole nitrogens is 2. The Morgan fingerprint density at radius 1 is 0.865 bits per heavy atom. The zero-order chi connectivity index (χ0) is 28.6. The van der Waals surface area contributed by atoms with Crippen molar-refractivity contribution in [2.45, 2.75) is 34.6 Å². The molecule has 200 valence electrons. The molecule has 0 atom stereocenters. The lowest BCUT2D eigenvalue weighted by atomic mass is 10.3. The minimum absolute atomic E-state index is 0.0104. The molecule has 4 aromatic rings. The number of hydrogen-bond donors (Lipinski definition) is 4. The van der Waals surface area contributed by atoms with Crippen LogP contribution in [0.15, 0.2) is 47.9 Å². The molecule has 4 aromatic heterocycles. The minimum Gasteiger partial charge on any atom is -0.508 e. The van der Waals surface area contributed by atoms with Gasteiger partial charge in [0.15, 0.2) is 11.1 Å². The first-order chi connectivity index (χ1) is 17.2. The highest BCUT2D eigenvalue weighted by Crippen LogP contribution is 2.20. The van der Waals surface area contributed by atoms with Crippen LogP contribution in [0.4, 0.5) is 5.69 Å². The maximum Gasteiger partial charge on any atom is 0.417 e. The second-order valence-corrected chi connectivity index (χ2v) is 7.43. The molecule has 0 bridgehead atoms. The predicted octanol–water partition coefficient (Wildman–Crippen LogP) is 1.85. The summed E-state index contributed by atoms with van der Waals surface area (Å²) in [5.41, 5.74) is 0.306. The summed E-state index contributed by atoms with van der Waals surface area (Å²) in [7, 11) is 3.05. The lowest BCUT2D eigenvalue weighted by molar-refractivity contribution is -0.387. The van der Waals surface area contributed by atoms with Gasteiger partial charge < -0.3 is 28.7 Å². The second kappa shape index (κ2) is 12.7. The fourth-order valence-electron chi connectivity index (χ4n) is 2.84. The van der Waals surface area contributed by atoms with E-state index in [1.807, 2.05) is 13.8 Å². The molecule has 37 heavy (non-hydrogen) atoms. The Morgan fingerprint density at radius 2 is 1.41 bits per heavy atom. The number of nitrogens with one attached hydrogen (secondary N) is 2. The smallest absolute Gasteiger partial charge is 0.417 e. The summed E-state index contributed by atoms with van der Waals surface area (Å²) < 4.78 is 7.32. The van der Waals surface area contributed by atoms with Crippen molar-refractivity contribution in [1.29, 1.82) is 0 Å². The summed E-state index contributed by atoms with van der Waals surface area (Å²) in [5, 5.41) is 28.2. The number of pyridine rings is 3. The first-order valence-corrected chi connectivity index (χ1v) is 10.9. The molecule has 0 fully saturated rings. The summed E-state index contributed by atoms with van der Waals surface area (Å²) in [6.45, 7) is 9.06. The van der Waals surface area contributed by atoms with Crippen molar-refractivity contribution in [3.05, 3.63) is 93.1 Å². The van der Waals surface area contributed by atoms with Gasteiger partial charge in [0.2, 0.25) is 5.75 Å². The van der Waals surface area contributed by atoms with Crippen LogP contribution >= 0.6 is 0 Å². The van der Waals surface area contributed by atoms with Crippen LogP contribution in [-0.4, -0.2) is 34.2 Å². The standard InChI is InChI=1S/C8H8N2O3.C7H8N2O4.C6H7NO2.C2H6/c1-4-3-5-6(7(11)10(4)2)9-8(12)13-5;1-4-3-5(10)6(9(12)13)7(11)8(4)2;1-4-2-5(8)3-6(9)7-4;1-2/h3H,1-2H3,(H,9,12);3,10H,1-2H3;2-3H,1H3,(H2,7,8,9);1-2H3. The Bertz CT molecular complexity index is 1610. The van der Waals surface area contributed by atoms with E-state index in [2.05, 4.69) is 9.97 Å². The number of aromatic nitrogens is 4. The summed E-state index contributed by atoms with van der Waals surface area (Å²) in [6, 6.07) is 5.45. The Kier molecular flexibility index (Phi) is 10.4. The van der Waals surface area contributed by atoms with Crippen LogP contribution in [0.2, 0.25) is 0 Å². The monoisotopic (exact) mass is 519 g/mol. The summed E-state index contributed by atoms with van der Waals surface area (Å²) in [5.74, 6) is -1.18. The first-order valence-electron chi connectivity index (χ1n) is 10.9. The fourth-order valence-corrected chi connectivity index (χ4v) is 2.84. The molecule has 4 rings (SSSR count). The zero-order valence-electron chi connectivity index (χ0n) is 21.4. The second-order valence-electron chi connectivity index (χ2n) is 7.43. The molecule has 14 heteroatoms. The molecular formula is C23H29N5O9. The summed E-state index contributed by atoms with van der Waals surface area (Å²) in [6.07, 6.45) is 0. The summed E-state index contributed by atoms with van der Waals surface area (Å²) >= 11 is 0. The van der Waals surface area contributed by atoms with Crippen LogP contribution in [0.25, 0.3) is 11.1 Å². The predicted molar refractivity (Wildman–Crippen MR) is 136 cm³/mol. The highest BCUT2D eigenvalue weighted by atomic mass is 16.6. The SMILES string of the molecule is CC.Cc1cc(O)c([N+](=O)[O-])c(=O)n1C.Cc1cc(O)cc(=O)[nH]1.Cc1cc2oc(=O)[nH]c2c(=O)n1C. The van der Waals surface area contributed by atoms with E-state index >= 15 is 0 Å². The van der Waals surface area contributed by atoms with Gasteiger partial charge in [0, 0.05) is 49.4 Å². The molecule has 0 amide bonds. The van der Waals surface area contributed by atoms with Crippen molar-refractivity contribution in [3.63, 3.8) is 0 Å². The Morgan fingerprint density at radius 3 is 1.92 bits per heavy atom. The Balaban J connectivity index is 0.000000273. The molecule has 0 aliphatic rings. The van der Waals surface area contributed by atoms with Gasteiger partial charge in [-0.3, -0.25) is 29.5 Å². The van der Waals surface area contributed by atoms with E-state index in [1.165, 1.54) is 23.7 Å². The molecule has 0 aromatic carbocycles. The molecular weight excluding hydrogens is 490 g/mol. The lowest BCUT2D eigenvalue weighted by Gasteiger charge is -2.03. The topological polar surface area (TPSA) is 206 Å². The third kappa shape index (κ3) is 7.55. The van der Waals surface area contributed by atoms with Gasteiger partial charge >= 0.3 is 17.0 Å². The molecule has 4 heterocycles. The van der Waals surface area contributed by atoms with Gasteiger partial charge in [-0.2, -0.15) is 0 Å². The van der Waals surface area contributed by atoms with Gasteiger partial charge in [0.1, 0.15) is 5.75 Å². The number of oxazole rings is 1. The fraction of sp³-hybridized carbons (Fsp3) is 0.304. The van der Waals surface area contributed by atoms with Crippen LogP contribution in [0.1, 0.15) is 30.9 Å². The van der Waals surface area contributed by atoms with E-state index in [4.69, 9.17) is 14.6 Å². The quantitative estimate of drug-likeness (QED) is 0.213. The molecule has 14 nitrogen and oxygen atoms in total. The van der Waals surface area contributed by atoms with Crippen LogP contribution in [0, 0.1) is 30.9 Å². The number of fused-ring (bicyclic) bond motifs is 1. The van der Waals surface area contributed by atoms with E-state index in [0.717, 1.165) is 16.3 Å². The van der Waals surface area contributed by atoms with Crippen molar-refractivity contribution < 1.29 is 19.6 Å². The number of nitrogens with zero attached hydrogens (tertiary/aromatic N) is 3. The number of aromatic hydroxyl groups is 2. The van der Waals surface area contributed by atoms with Crippen molar-refractivity contribution in [3.8, 4) is 11.5 Å². The molecule has 0 saturated carbocycles. The average Bonchev–Trinajstić information content (AvgIpc) is 3.17. The normalized spacial score (nSPS) is 9.81. The number of rotatable bonds is 1. The van der Waals surface area contributed by atoms with Crippen LogP contribution in [-0.2, 0) is 14.1 Å². The number of nitro groups is 1. The Hall–Kier alpha value is -4.88. The van der Waals surface area contributed by atoms with Gasteiger partial charge in [-0.1, -0.05) is 13.8 Å². The first kappa shape index (κ1) is 30.2. The molecule has 4 N–H and O–H groups in total. The van der Waals surface area contributed by atoms with E-state index in [0.29, 0.717) is 17.0 Å². The maximum atomic E-state index is 11.5. The maximum absolute atomic E-state index is 11.5. The van der Waals surface area contributed by atoms with Gasteiger partial charge in [-0.25, -0.2) is 4.79 Å². The third-order valence-corrected chi connectivity index (χ3v) is 4.83. The van der Waals surface area contributed by atoms with Crippen LogP contribution in [0.3, 0.4) is 0 Å². The van der Waals surface area contributed by atoms with E-state index < -0.39 is 27.7 Å². The summed E-state index contributed by atoms with van der Waals surface area (Å²) in [4.78, 5) is 58.3. The Labute approximate surface area is 209 Å². The third-order valence-electron chi connectivity index (χ3n) is 4.83. The van der Waals surface area contributed by atoms with Crippen molar-refractivity contribution >= 4 is 16.8 Å². The van der Waals surface area contributed by atoms with Crippen molar-refractivity contribution in [2.24, 2.45) is 14.1 Å². The van der Waals surface area contributed by atoms with E-state index in [-0.39, 0.29) is 22.4 Å². The number of hydrogen-bond acceptors (Lipinski definition) is 9. The highest BCUT2D eigenvalue weighted by Gasteiger charge is 2.20. The average molecular weight is 520 g/mol. The largest absolute Gasteiger partial charge is 0.508 e. The highest BCUT2D eigenvalue weighted by molar-refractivity contribution is 5.71. The van der Waals surface area contributed by atoms with E-state index in [9.17, 15) is 29.3 Å². The van der Waals surface area contributed by atoms with Gasteiger partial charge in [-0.05, 0) is 26.8 Å². The molecule has 0 radical (unpaired) electrons. The molecule has 0 aliphatic carbocycles. The molecule has 0 unspecified atom stereocenters. The van der Waals surface area contributed by atoms with Gasteiger partial charge in [0.25, 0.3) is 11.1 Å². The number of aromatic amines is 2. The van der Waals surface area contributed by atoms with Gasteiger partial charge in [0.05, 0.1) is 4.92 Å². The minimum atomic E-state index is -0.892. The van der Waals surface area contributed by atoms with E-state index in [1.54, 1.807) is 33.9 Å². The van der Waals surface area contributed by atoms with Crippen LogP contribution < -0.4 is 22.4 Å². The van der Waals surface area contributed by atoms with Crippen LogP contribution in [0.5, 0.6) is 11.5 Å². The van der Waals surface area contributed by atoms with Gasteiger partial charge in [-0.15, -0.1) is 0 Å². The molecule has 0 aliphatic heterocycles. The molecule has 0 spiro atoms. The zero-order valence-corrected chi connectivity index (χ0v) is 21.4.